The Hall–Kier alpha value is -1.32. The number of hydrogen-bond acceptors (Lipinski definition) is 2. The normalized spacial score (nSPS) is 10.3. The van der Waals surface area contributed by atoms with Crippen molar-refractivity contribution in [1.29, 1.82) is 0 Å². The van der Waals surface area contributed by atoms with Crippen LogP contribution in [0.2, 0.25) is 5.02 Å². The third-order valence-electron chi connectivity index (χ3n) is 2.63. The molecule has 0 aliphatic heterocycles. The molecule has 19 heavy (non-hydrogen) atoms. The summed E-state index contributed by atoms with van der Waals surface area (Å²) >= 11 is 9.41. The highest BCUT2D eigenvalue weighted by Crippen LogP contribution is 2.28. The third kappa shape index (κ3) is 3.37. The SMILES string of the molecule is CCOC(=O)c1ccc(Cl)cc1-c1ccc(Br)cc1. The van der Waals surface area contributed by atoms with E-state index in [-0.39, 0.29) is 5.97 Å². The van der Waals surface area contributed by atoms with E-state index in [9.17, 15) is 4.79 Å². The summed E-state index contributed by atoms with van der Waals surface area (Å²) in [5.74, 6) is -0.336. The number of halogens is 2. The van der Waals surface area contributed by atoms with Gasteiger partial charge in [-0.1, -0.05) is 39.7 Å². The Labute approximate surface area is 125 Å². The van der Waals surface area contributed by atoms with Gasteiger partial charge in [0.1, 0.15) is 0 Å². The number of carbonyl (C=O) groups is 1. The lowest BCUT2D eigenvalue weighted by atomic mass is 10.00. The minimum absolute atomic E-state index is 0.336. The van der Waals surface area contributed by atoms with Gasteiger partial charge in [-0.05, 0) is 48.4 Å². The molecule has 0 spiro atoms. The molecule has 2 rings (SSSR count). The Bertz CT molecular complexity index is 594. The van der Waals surface area contributed by atoms with Crippen LogP contribution >= 0.6 is 27.5 Å². The molecule has 0 heterocycles. The number of ether oxygens (including phenoxy) is 1. The van der Waals surface area contributed by atoms with E-state index in [1.165, 1.54) is 0 Å². The topological polar surface area (TPSA) is 26.3 Å². The Kier molecular flexibility index (Phi) is 4.61. The molecular weight excluding hydrogens is 328 g/mol. The number of esters is 1. The van der Waals surface area contributed by atoms with E-state index < -0.39 is 0 Å². The predicted molar refractivity (Wildman–Crippen MR) is 80.5 cm³/mol. The van der Waals surface area contributed by atoms with Gasteiger partial charge < -0.3 is 4.74 Å². The zero-order valence-electron chi connectivity index (χ0n) is 10.3. The van der Waals surface area contributed by atoms with Crippen molar-refractivity contribution in [2.24, 2.45) is 0 Å². The molecule has 0 aliphatic rings. The van der Waals surface area contributed by atoms with Crippen molar-refractivity contribution in [3.63, 3.8) is 0 Å². The average molecular weight is 340 g/mol. The van der Waals surface area contributed by atoms with Gasteiger partial charge in [-0.3, -0.25) is 0 Å². The largest absolute Gasteiger partial charge is 0.462 e. The first-order valence-corrected chi connectivity index (χ1v) is 7.01. The molecule has 0 saturated heterocycles. The van der Waals surface area contributed by atoms with Crippen molar-refractivity contribution in [3.8, 4) is 11.1 Å². The van der Waals surface area contributed by atoms with Crippen molar-refractivity contribution >= 4 is 33.5 Å². The zero-order valence-corrected chi connectivity index (χ0v) is 12.7. The van der Waals surface area contributed by atoms with Crippen molar-refractivity contribution in [2.45, 2.75) is 6.92 Å². The van der Waals surface area contributed by atoms with Crippen molar-refractivity contribution in [3.05, 3.63) is 57.5 Å². The predicted octanol–water partition coefficient (Wildman–Crippen LogP) is 4.95. The fourth-order valence-corrected chi connectivity index (χ4v) is 2.21. The number of benzene rings is 2. The van der Waals surface area contributed by atoms with Crippen molar-refractivity contribution in [1.82, 2.24) is 0 Å². The molecule has 0 atom stereocenters. The quantitative estimate of drug-likeness (QED) is 0.740. The van der Waals surface area contributed by atoms with E-state index in [1.807, 2.05) is 24.3 Å². The van der Waals surface area contributed by atoms with Crippen molar-refractivity contribution < 1.29 is 9.53 Å². The number of hydrogen-bond donors (Lipinski definition) is 0. The van der Waals surface area contributed by atoms with Gasteiger partial charge in [0.25, 0.3) is 0 Å². The minimum atomic E-state index is -0.336. The molecule has 2 nitrogen and oxygen atoms in total. The van der Waals surface area contributed by atoms with Crippen LogP contribution in [0.5, 0.6) is 0 Å². The van der Waals surface area contributed by atoms with E-state index in [0.717, 1.165) is 15.6 Å². The van der Waals surface area contributed by atoms with Crippen LogP contribution in [-0.2, 0) is 4.74 Å². The maximum Gasteiger partial charge on any atom is 0.338 e. The van der Waals surface area contributed by atoms with Gasteiger partial charge in [-0.15, -0.1) is 0 Å². The summed E-state index contributed by atoms with van der Waals surface area (Å²) in [6.07, 6.45) is 0. The van der Waals surface area contributed by atoms with Gasteiger partial charge in [0.15, 0.2) is 0 Å². The maximum atomic E-state index is 11.9. The molecule has 2 aromatic rings. The van der Waals surface area contributed by atoms with E-state index in [4.69, 9.17) is 16.3 Å². The number of rotatable bonds is 3. The molecule has 0 aliphatic carbocycles. The molecule has 0 amide bonds. The van der Waals surface area contributed by atoms with E-state index >= 15 is 0 Å². The van der Waals surface area contributed by atoms with Crippen molar-refractivity contribution in [2.75, 3.05) is 6.61 Å². The zero-order chi connectivity index (χ0) is 13.8. The second-order valence-electron chi connectivity index (χ2n) is 3.92. The maximum absolute atomic E-state index is 11.9. The standard InChI is InChI=1S/C15H12BrClO2/c1-2-19-15(18)13-8-7-12(17)9-14(13)10-3-5-11(16)6-4-10/h3-9H,2H2,1H3. The van der Waals surface area contributed by atoms with Crippen LogP contribution in [0.25, 0.3) is 11.1 Å². The highest BCUT2D eigenvalue weighted by molar-refractivity contribution is 9.10. The minimum Gasteiger partial charge on any atom is -0.462 e. The molecule has 0 radical (unpaired) electrons. The van der Waals surface area contributed by atoms with E-state index in [1.54, 1.807) is 25.1 Å². The van der Waals surface area contributed by atoms with Crippen LogP contribution in [0.1, 0.15) is 17.3 Å². The van der Waals surface area contributed by atoms with Gasteiger partial charge in [0.2, 0.25) is 0 Å². The Morgan fingerprint density at radius 3 is 2.53 bits per heavy atom. The van der Waals surface area contributed by atoms with Gasteiger partial charge in [0.05, 0.1) is 12.2 Å². The van der Waals surface area contributed by atoms with Gasteiger partial charge in [-0.2, -0.15) is 0 Å². The molecule has 0 saturated carbocycles. The monoisotopic (exact) mass is 338 g/mol. The molecule has 4 heteroatoms. The second kappa shape index (κ2) is 6.22. The van der Waals surface area contributed by atoms with Gasteiger partial charge in [0, 0.05) is 9.50 Å². The highest BCUT2D eigenvalue weighted by Gasteiger charge is 2.14. The summed E-state index contributed by atoms with van der Waals surface area (Å²) in [6.45, 7) is 2.13. The molecule has 0 unspecified atom stereocenters. The van der Waals surface area contributed by atoms with Crippen LogP contribution in [-0.4, -0.2) is 12.6 Å². The highest BCUT2D eigenvalue weighted by atomic mass is 79.9. The first-order chi connectivity index (χ1) is 9.11. The van der Waals surface area contributed by atoms with Crippen LogP contribution in [0, 0.1) is 0 Å². The first-order valence-electron chi connectivity index (χ1n) is 5.84. The van der Waals surface area contributed by atoms with Gasteiger partial charge in [-0.25, -0.2) is 4.79 Å². The fourth-order valence-electron chi connectivity index (χ4n) is 1.77. The first kappa shape index (κ1) is 14.1. The van der Waals surface area contributed by atoms with Crippen LogP contribution in [0.15, 0.2) is 46.9 Å². The van der Waals surface area contributed by atoms with Gasteiger partial charge >= 0.3 is 5.97 Å². The molecular formula is C15H12BrClO2. The summed E-state index contributed by atoms with van der Waals surface area (Å²) < 4.78 is 6.04. The molecule has 0 fully saturated rings. The van der Waals surface area contributed by atoms with Crippen LogP contribution < -0.4 is 0 Å². The molecule has 0 N–H and O–H groups in total. The van der Waals surface area contributed by atoms with Crippen LogP contribution in [0.3, 0.4) is 0 Å². The fraction of sp³-hybridized carbons (Fsp3) is 0.133. The van der Waals surface area contributed by atoms with E-state index in [2.05, 4.69) is 15.9 Å². The third-order valence-corrected chi connectivity index (χ3v) is 3.40. The summed E-state index contributed by atoms with van der Waals surface area (Å²) in [5, 5.41) is 0.589. The lowest BCUT2D eigenvalue weighted by Crippen LogP contribution is -2.06. The Morgan fingerprint density at radius 1 is 1.21 bits per heavy atom. The lowest BCUT2D eigenvalue weighted by Gasteiger charge is -2.09. The Balaban J connectivity index is 2.51. The molecule has 0 bridgehead atoms. The number of carbonyl (C=O) groups excluding carboxylic acids is 1. The smallest absolute Gasteiger partial charge is 0.338 e. The summed E-state index contributed by atoms with van der Waals surface area (Å²) in [4.78, 5) is 11.9. The van der Waals surface area contributed by atoms with Crippen LogP contribution in [0.4, 0.5) is 0 Å². The average Bonchev–Trinajstić information content (AvgIpc) is 2.39. The second-order valence-corrected chi connectivity index (χ2v) is 5.27. The molecule has 2 aromatic carbocycles. The molecule has 98 valence electrons. The summed E-state index contributed by atoms with van der Waals surface area (Å²) in [5.41, 5.74) is 2.22. The van der Waals surface area contributed by atoms with E-state index in [0.29, 0.717) is 17.2 Å². The Morgan fingerprint density at radius 2 is 1.89 bits per heavy atom. The summed E-state index contributed by atoms with van der Waals surface area (Å²) in [7, 11) is 0. The summed E-state index contributed by atoms with van der Waals surface area (Å²) in [6, 6.07) is 12.9. The lowest BCUT2D eigenvalue weighted by molar-refractivity contribution is 0.0527. The molecule has 0 aromatic heterocycles.